The second-order valence-electron chi connectivity index (χ2n) is 24.7. The highest BCUT2D eigenvalue weighted by Gasteiger charge is 2.65. The number of rotatable bonds is 32. The van der Waals surface area contributed by atoms with Gasteiger partial charge in [-0.25, -0.2) is 19.2 Å². The lowest BCUT2D eigenvalue weighted by atomic mass is 9.98. The first-order valence-electron chi connectivity index (χ1n) is 31.0. The van der Waals surface area contributed by atoms with Crippen LogP contribution in [0.5, 0.6) is 0 Å². The van der Waals surface area contributed by atoms with Gasteiger partial charge in [-0.1, -0.05) is 146 Å². The Kier molecular flexibility index (Phi) is 24.2. The summed E-state index contributed by atoms with van der Waals surface area (Å²) in [7, 11) is -9.64. The molecule has 6 aromatic carbocycles. The van der Waals surface area contributed by atoms with Gasteiger partial charge >= 0.3 is 39.3 Å². The third kappa shape index (κ3) is 18.3. The van der Waals surface area contributed by atoms with E-state index < -0.39 is 105 Å². The van der Waals surface area contributed by atoms with E-state index in [1.54, 1.807) is 65.8 Å². The molecule has 0 heterocycles. The van der Waals surface area contributed by atoms with Crippen molar-refractivity contribution in [2.45, 2.75) is 107 Å². The molecular weight excluding hydrogens is 1250 g/mol. The van der Waals surface area contributed by atoms with Gasteiger partial charge in [0.1, 0.15) is 36.5 Å². The van der Waals surface area contributed by atoms with E-state index in [1.165, 1.54) is 48.6 Å². The topological polar surface area (TPSA) is 259 Å². The van der Waals surface area contributed by atoms with Gasteiger partial charge in [-0.05, 0) is 121 Å². The molecule has 0 spiro atoms. The maximum absolute atomic E-state index is 16.0. The van der Waals surface area contributed by atoms with Gasteiger partial charge in [-0.15, -0.1) is 26.3 Å². The summed E-state index contributed by atoms with van der Waals surface area (Å²) < 4.78 is 79.3. The van der Waals surface area contributed by atoms with Gasteiger partial charge < -0.3 is 58.3 Å². The van der Waals surface area contributed by atoms with Crippen LogP contribution in [0.3, 0.4) is 0 Å². The zero-order chi connectivity index (χ0) is 68.6. The molecule has 0 fully saturated rings. The second kappa shape index (κ2) is 32.0. The molecule has 0 unspecified atom stereocenters. The van der Waals surface area contributed by atoms with E-state index in [0.717, 1.165) is 44.5 Å². The van der Waals surface area contributed by atoms with Crippen LogP contribution >= 0.6 is 15.2 Å². The number of hydrogen-bond acceptors (Lipinski definition) is 16. The molecule has 2 aliphatic carbocycles. The predicted molar refractivity (Wildman–Crippen MR) is 365 cm³/mol. The smallest absolute Gasteiger partial charge is 0.407 e. The standard InChI is InChI=1S/C73H82N4O16P2/c1-11-39-88-94(84,89-40-12-2)73(95(85,90-41-13-3)91-42-14-4,45-49-31-35-51(36-32-49)74-65(78)43-63(67(80)92-71(5,6)7)76-69(82)86-47-61-57-27-19-15-23-53(57)54-24-16-20-28-58(54)61)46-50-33-37-52(38-34-50)75-66(79)44-64(68(81)93-72(8,9)10)77-70(83)87-48-62-59-29-21-17-25-55(59)56-26-18-22-30-60(56)62/h11-38,61-64H,1-4,39-48H2,5-10H3,(H,74,78)(H,75,79)(H,76,82)(H,77,83)/t63-,64-/m0/s1. The molecule has 6 aromatic rings. The summed E-state index contributed by atoms with van der Waals surface area (Å²) in [5.74, 6) is -3.66. The number of nitrogens with one attached hydrogen (secondary N) is 4. The highest BCUT2D eigenvalue weighted by atomic mass is 31.2. The molecule has 0 saturated carbocycles. The Morgan fingerprint density at radius 3 is 1.00 bits per heavy atom. The molecule has 500 valence electrons. The number of anilines is 2. The number of fused-ring (bicyclic) bond motifs is 6. The van der Waals surface area contributed by atoms with Crippen molar-refractivity contribution in [3.8, 4) is 22.3 Å². The van der Waals surface area contributed by atoms with Gasteiger partial charge in [-0.3, -0.25) is 18.7 Å². The van der Waals surface area contributed by atoms with Crippen LogP contribution in [-0.2, 0) is 78.2 Å². The van der Waals surface area contributed by atoms with Crippen LogP contribution in [0.4, 0.5) is 21.0 Å². The molecule has 0 bridgehead atoms. The van der Waals surface area contributed by atoms with Crippen LogP contribution in [0.15, 0.2) is 196 Å². The van der Waals surface area contributed by atoms with E-state index >= 15 is 9.13 Å². The molecule has 22 heteroatoms. The van der Waals surface area contributed by atoms with Crippen molar-refractivity contribution in [3.63, 3.8) is 0 Å². The first kappa shape index (κ1) is 71.8. The first-order chi connectivity index (χ1) is 45.3. The fourth-order valence-corrected chi connectivity index (χ4v) is 17.0. The Labute approximate surface area is 554 Å². The van der Waals surface area contributed by atoms with Gasteiger partial charge in [0.15, 0.2) is 4.90 Å². The molecule has 4 N–H and O–H groups in total. The number of carbonyl (C=O) groups is 6. The molecule has 20 nitrogen and oxygen atoms in total. The van der Waals surface area contributed by atoms with E-state index in [1.807, 2.05) is 97.1 Å². The summed E-state index contributed by atoms with van der Waals surface area (Å²) in [6, 6.07) is 40.8. The lowest BCUT2D eigenvalue weighted by Crippen LogP contribution is -2.46. The van der Waals surface area contributed by atoms with Gasteiger partial charge in [0.25, 0.3) is 0 Å². The normalized spacial score (nSPS) is 13.5. The number of esters is 2. The van der Waals surface area contributed by atoms with E-state index in [9.17, 15) is 28.8 Å². The largest absolute Gasteiger partial charge is 0.458 e. The number of alkyl carbamates (subject to hydrolysis) is 2. The zero-order valence-electron chi connectivity index (χ0n) is 54.3. The fraction of sp³-hybridized carbons (Fsp3) is 0.315. The number of ether oxygens (including phenoxy) is 4. The van der Waals surface area contributed by atoms with Crippen LogP contribution in [-0.4, -0.2) is 104 Å². The number of carbonyl (C=O) groups excluding carboxylic acids is 6. The SMILES string of the molecule is C=CCOP(=O)(OCC=C)C(Cc1ccc(NC(=O)C[C@H](NC(=O)OCC2c3ccccc3-c3ccccc32)C(=O)OC(C)(C)C)cc1)(Cc1ccc(NC(=O)C[C@H](NC(=O)OCC2c3ccccc3-c3ccccc32)C(=O)OC(C)(C)C)cc1)P(=O)(OCC=C)OCC=C. The molecule has 8 rings (SSSR count). The first-order valence-corrected chi connectivity index (χ1v) is 34.1. The number of amides is 4. The van der Waals surface area contributed by atoms with Crippen LogP contribution in [0, 0.1) is 0 Å². The molecule has 4 amide bonds. The maximum atomic E-state index is 16.0. The molecule has 0 aliphatic heterocycles. The summed E-state index contributed by atoms with van der Waals surface area (Å²) >= 11 is 0. The minimum absolute atomic E-state index is 0.0463. The van der Waals surface area contributed by atoms with Crippen LogP contribution < -0.4 is 21.3 Å². The minimum Gasteiger partial charge on any atom is -0.458 e. The van der Waals surface area contributed by atoms with E-state index in [4.69, 9.17) is 37.0 Å². The quantitative estimate of drug-likeness (QED) is 0.0132. The lowest BCUT2D eigenvalue weighted by Gasteiger charge is -2.42. The zero-order valence-corrected chi connectivity index (χ0v) is 56.1. The highest BCUT2D eigenvalue weighted by molar-refractivity contribution is 7.74. The summed E-state index contributed by atoms with van der Waals surface area (Å²) in [4.78, 5) is 79.9. The Bertz CT molecular complexity index is 3520. The van der Waals surface area contributed by atoms with E-state index in [2.05, 4.69) is 47.6 Å². The third-order valence-corrected chi connectivity index (χ3v) is 21.4. The highest BCUT2D eigenvalue weighted by Crippen LogP contribution is 2.79. The van der Waals surface area contributed by atoms with Gasteiger partial charge in [0, 0.05) is 36.1 Å². The average molecular weight is 1330 g/mol. The van der Waals surface area contributed by atoms with Crippen molar-refractivity contribution in [2.24, 2.45) is 0 Å². The Morgan fingerprint density at radius 2 is 0.726 bits per heavy atom. The van der Waals surface area contributed by atoms with Crippen molar-refractivity contribution < 1.29 is 74.9 Å². The minimum atomic E-state index is -4.82. The van der Waals surface area contributed by atoms with Crippen LogP contribution in [0.25, 0.3) is 22.3 Å². The molecule has 2 atom stereocenters. The van der Waals surface area contributed by atoms with Gasteiger partial charge in [0.05, 0.1) is 39.3 Å². The Balaban J connectivity index is 1.01. The third-order valence-electron chi connectivity index (χ3n) is 15.4. The van der Waals surface area contributed by atoms with Gasteiger partial charge in [-0.2, -0.15) is 0 Å². The maximum Gasteiger partial charge on any atom is 0.407 e. The molecule has 0 saturated heterocycles. The summed E-state index contributed by atoms with van der Waals surface area (Å²) in [5.41, 5.74) is 7.32. The molecule has 2 aliphatic rings. The lowest BCUT2D eigenvalue weighted by molar-refractivity contribution is -0.159. The predicted octanol–water partition coefficient (Wildman–Crippen LogP) is 14.5. The Hall–Kier alpha value is -9.00. The van der Waals surface area contributed by atoms with Gasteiger partial charge in [0.2, 0.25) is 11.8 Å². The van der Waals surface area contributed by atoms with E-state index in [-0.39, 0.29) is 62.9 Å². The molecule has 95 heavy (non-hydrogen) atoms. The van der Waals surface area contributed by atoms with Crippen molar-refractivity contribution >= 4 is 62.5 Å². The summed E-state index contributed by atoms with van der Waals surface area (Å²) in [6.45, 7) is 23.5. The van der Waals surface area contributed by atoms with Crippen molar-refractivity contribution in [3.05, 3.63) is 230 Å². The molecular formula is C73H82N4O16P2. The van der Waals surface area contributed by atoms with Crippen molar-refractivity contribution in [1.29, 1.82) is 0 Å². The van der Waals surface area contributed by atoms with Crippen LogP contribution in [0.2, 0.25) is 0 Å². The average Bonchev–Trinajstić information content (AvgIpc) is 1.61. The Morgan fingerprint density at radius 1 is 0.442 bits per heavy atom. The molecule has 0 aromatic heterocycles. The number of hydrogen-bond donors (Lipinski definition) is 4. The van der Waals surface area contributed by atoms with Crippen molar-refractivity contribution in [2.75, 3.05) is 50.3 Å². The van der Waals surface area contributed by atoms with Crippen molar-refractivity contribution in [1.82, 2.24) is 10.6 Å². The summed E-state index contributed by atoms with van der Waals surface area (Å²) in [5, 5.41) is 10.6. The monoisotopic (exact) mass is 1330 g/mol. The molecule has 0 radical (unpaired) electrons. The fourth-order valence-electron chi connectivity index (χ4n) is 11.3. The van der Waals surface area contributed by atoms with Crippen LogP contribution in [0.1, 0.15) is 99.6 Å². The summed E-state index contributed by atoms with van der Waals surface area (Å²) in [6.07, 6.45) is 1.56. The van der Waals surface area contributed by atoms with E-state index in [0.29, 0.717) is 11.1 Å². The number of benzene rings is 6. The second-order valence-corrected chi connectivity index (χ2v) is 29.8.